The summed E-state index contributed by atoms with van der Waals surface area (Å²) in [7, 11) is 0. The molecular weight excluding hydrogens is 196 g/mol. The lowest BCUT2D eigenvalue weighted by molar-refractivity contribution is 0.318. The summed E-state index contributed by atoms with van der Waals surface area (Å²) in [5.41, 5.74) is 1.50. The minimum absolute atomic E-state index is 0.250. The maximum Gasteiger partial charge on any atom is 0.0402 e. The topological polar surface area (TPSA) is 20.2 Å². The largest absolute Gasteiger partial charge is 0.397 e. The van der Waals surface area contributed by atoms with Gasteiger partial charge in [-0.15, -0.1) is 0 Å². The van der Waals surface area contributed by atoms with Gasteiger partial charge in [-0.2, -0.15) is 0 Å². The van der Waals surface area contributed by atoms with Gasteiger partial charge in [0.15, 0.2) is 0 Å². The predicted octanol–water partition coefficient (Wildman–Crippen LogP) is 4.48. The molecule has 94 valence electrons. The van der Waals surface area contributed by atoms with E-state index in [-0.39, 0.29) is 6.61 Å². The van der Waals surface area contributed by atoms with Crippen LogP contribution < -0.4 is 0 Å². The first-order valence-electron chi connectivity index (χ1n) is 6.63. The van der Waals surface area contributed by atoms with Crippen molar-refractivity contribution in [1.29, 1.82) is 0 Å². The minimum atomic E-state index is 0.250. The fourth-order valence-electron chi connectivity index (χ4n) is 1.85. The molecule has 2 aliphatic carbocycles. The second-order valence-corrected chi connectivity index (χ2v) is 4.69. The molecule has 2 aliphatic rings. The van der Waals surface area contributed by atoms with E-state index in [1.807, 2.05) is 0 Å². The van der Waals surface area contributed by atoms with Crippen molar-refractivity contribution < 1.29 is 5.11 Å². The number of aliphatic hydroxyl groups is 1. The summed E-state index contributed by atoms with van der Waals surface area (Å²) < 4.78 is 0. The third kappa shape index (κ3) is 9.97. The molecule has 2 rings (SSSR count). The van der Waals surface area contributed by atoms with Crippen LogP contribution in [0.1, 0.15) is 59.3 Å². The molecule has 1 nitrogen and oxygen atoms in total. The third-order valence-electron chi connectivity index (χ3n) is 2.87. The van der Waals surface area contributed by atoms with Crippen LogP contribution in [0, 0.1) is 5.92 Å². The predicted molar refractivity (Wildman–Crippen MR) is 72.5 cm³/mol. The Kier molecular flexibility index (Phi) is 10.6. The number of hydrogen-bond donors (Lipinski definition) is 1. The molecule has 0 aromatic heterocycles. The van der Waals surface area contributed by atoms with E-state index in [0.717, 1.165) is 5.92 Å². The standard InChI is InChI=1S/C7H10.C6H12.C2H6O/c1-7-5-3-2-4-6-7;1-6-4-2-3-5-6;1-2-3/h2-3,5H,4,6H2,1H3;6H,2-5H2,1H3;3H,2H2,1H3. The van der Waals surface area contributed by atoms with E-state index < -0.39 is 0 Å². The number of allylic oxidation sites excluding steroid dienone is 4. The molecule has 1 saturated carbocycles. The molecule has 1 heteroatoms. The summed E-state index contributed by atoms with van der Waals surface area (Å²) in [6.45, 7) is 6.44. The lowest BCUT2D eigenvalue weighted by Crippen LogP contribution is -1.78. The van der Waals surface area contributed by atoms with E-state index in [4.69, 9.17) is 5.11 Å². The second kappa shape index (κ2) is 10.9. The van der Waals surface area contributed by atoms with Crippen LogP contribution in [0.15, 0.2) is 23.8 Å². The first-order chi connectivity index (χ1) is 7.70. The van der Waals surface area contributed by atoms with Crippen LogP contribution in [0.5, 0.6) is 0 Å². The average Bonchev–Trinajstić information content (AvgIpc) is 2.72. The molecule has 0 aliphatic heterocycles. The van der Waals surface area contributed by atoms with Gasteiger partial charge in [0.2, 0.25) is 0 Å². The van der Waals surface area contributed by atoms with E-state index >= 15 is 0 Å². The maximum absolute atomic E-state index is 7.57. The summed E-state index contributed by atoms with van der Waals surface area (Å²) >= 11 is 0. The van der Waals surface area contributed by atoms with E-state index in [0.29, 0.717) is 0 Å². The lowest BCUT2D eigenvalue weighted by Gasteiger charge is -1.98. The van der Waals surface area contributed by atoms with Crippen molar-refractivity contribution in [2.24, 2.45) is 5.92 Å². The van der Waals surface area contributed by atoms with Crippen LogP contribution >= 0.6 is 0 Å². The van der Waals surface area contributed by atoms with Crippen LogP contribution in [0.4, 0.5) is 0 Å². The Bertz CT molecular complexity index is 197. The number of rotatable bonds is 0. The highest BCUT2D eigenvalue weighted by molar-refractivity contribution is 5.15. The van der Waals surface area contributed by atoms with Crippen molar-refractivity contribution in [2.75, 3.05) is 6.61 Å². The molecule has 0 aromatic carbocycles. The molecule has 0 bridgehead atoms. The summed E-state index contributed by atoms with van der Waals surface area (Å²) in [4.78, 5) is 0. The van der Waals surface area contributed by atoms with Gasteiger partial charge < -0.3 is 5.11 Å². The molecule has 16 heavy (non-hydrogen) atoms. The Morgan fingerprint density at radius 1 is 1.31 bits per heavy atom. The Labute approximate surface area is 101 Å². The van der Waals surface area contributed by atoms with Crippen LogP contribution in [0.3, 0.4) is 0 Å². The molecular formula is C15H28O. The first-order valence-corrected chi connectivity index (χ1v) is 6.63. The molecule has 1 N–H and O–H groups in total. The van der Waals surface area contributed by atoms with Gasteiger partial charge in [0, 0.05) is 6.61 Å². The highest BCUT2D eigenvalue weighted by Gasteiger charge is 2.07. The Morgan fingerprint density at radius 2 is 1.88 bits per heavy atom. The normalized spacial score (nSPS) is 19.1. The van der Waals surface area contributed by atoms with Crippen molar-refractivity contribution in [1.82, 2.24) is 0 Å². The fourth-order valence-corrected chi connectivity index (χ4v) is 1.85. The first kappa shape index (κ1) is 15.4. The Morgan fingerprint density at radius 3 is 2.06 bits per heavy atom. The monoisotopic (exact) mass is 224 g/mol. The van der Waals surface area contributed by atoms with Gasteiger partial charge in [-0.3, -0.25) is 0 Å². The van der Waals surface area contributed by atoms with Gasteiger partial charge in [0.1, 0.15) is 0 Å². The van der Waals surface area contributed by atoms with Crippen molar-refractivity contribution in [3.05, 3.63) is 23.8 Å². The minimum Gasteiger partial charge on any atom is -0.397 e. The quantitative estimate of drug-likeness (QED) is 0.643. The number of hydrogen-bond acceptors (Lipinski definition) is 1. The van der Waals surface area contributed by atoms with Crippen molar-refractivity contribution in [2.45, 2.75) is 59.3 Å². The molecule has 0 saturated heterocycles. The second-order valence-electron chi connectivity index (χ2n) is 4.69. The lowest BCUT2D eigenvalue weighted by atomic mass is 10.1. The summed E-state index contributed by atoms with van der Waals surface area (Å²) in [5.74, 6) is 1.05. The highest BCUT2D eigenvalue weighted by Crippen LogP contribution is 2.22. The van der Waals surface area contributed by atoms with Gasteiger partial charge in [-0.1, -0.05) is 56.4 Å². The van der Waals surface area contributed by atoms with Crippen LogP contribution in [-0.4, -0.2) is 11.7 Å². The van der Waals surface area contributed by atoms with Gasteiger partial charge in [-0.25, -0.2) is 0 Å². The maximum atomic E-state index is 7.57. The van der Waals surface area contributed by atoms with Gasteiger partial charge in [-0.05, 0) is 32.6 Å². The molecule has 0 radical (unpaired) electrons. The van der Waals surface area contributed by atoms with Crippen LogP contribution in [0.25, 0.3) is 0 Å². The van der Waals surface area contributed by atoms with Gasteiger partial charge >= 0.3 is 0 Å². The molecule has 0 atom stereocenters. The van der Waals surface area contributed by atoms with Gasteiger partial charge in [0.25, 0.3) is 0 Å². The zero-order valence-corrected chi connectivity index (χ0v) is 11.2. The average molecular weight is 224 g/mol. The molecule has 0 amide bonds. The zero-order valence-electron chi connectivity index (χ0n) is 11.2. The fraction of sp³-hybridized carbons (Fsp3) is 0.733. The molecule has 0 heterocycles. The Hall–Kier alpha value is -0.560. The number of aliphatic hydroxyl groups excluding tert-OH is 1. The zero-order chi connectivity index (χ0) is 12.2. The summed E-state index contributed by atoms with van der Waals surface area (Å²) in [6, 6.07) is 0. The van der Waals surface area contributed by atoms with Crippen molar-refractivity contribution >= 4 is 0 Å². The summed E-state index contributed by atoms with van der Waals surface area (Å²) in [6.07, 6.45) is 14.9. The summed E-state index contributed by atoms with van der Waals surface area (Å²) in [5, 5.41) is 7.57. The van der Waals surface area contributed by atoms with E-state index in [1.54, 1.807) is 6.92 Å². The Balaban J connectivity index is 0.000000230. The van der Waals surface area contributed by atoms with Gasteiger partial charge in [0.05, 0.1) is 0 Å². The SMILES string of the molecule is CC1=CC=CCC1.CC1CCCC1.CCO. The molecule has 0 spiro atoms. The smallest absolute Gasteiger partial charge is 0.0402 e. The van der Waals surface area contributed by atoms with Crippen LogP contribution in [-0.2, 0) is 0 Å². The molecule has 0 unspecified atom stereocenters. The van der Waals surface area contributed by atoms with E-state index in [1.165, 1.54) is 44.1 Å². The molecule has 1 fully saturated rings. The van der Waals surface area contributed by atoms with Crippen molar-refractivity contribution in [3.8, 4) is 0 Å². The van der Waals surface area contributed by atoms with E-state index in [9.17, 15) is 0 Å². The third-order valence-corrected chi connectivity index (χ3v) is 2.87. The van der Waals surface area contributed by atoms with Crippen molar-refractivity contribution in [3.63, 3.8) is 0 Å². The van der Waals surface area contributed by atoms with Crippen LogP contribution in [0.2, 0.25) is 0 Å². The highest BCUT2D eigenvalue weighted by atomic mass is 16.2. The molecule has 0 aromatic rings. The van der Waals surface area contributed by atoms with E-state index in [2.05, 4.69) is 32.1 Å².